The van der Waals surface area contributed by atoms with E-state index in [1.54, 1.807) is 12.1 Å². The number of amides is 1. The van der Waals surface area contributed by atoms with Crippen LogP contribution < -0.4 is 5.32 Å². The quantitative estimate of drug-likeness (QED) is 0.407. The van der Waals surface area contributed by atoms with Crippen LogP contribution in [-0.2, 0) is 0 Å². The molecular weight excluding hydrogens is 391 g/mol. The van der Waals surface area contributed by atoms with Gasteiger partial charge in [-0.3, -0.25) is 4.79 Å². The maximum Gasteiger partial charge on any atom is 0.256 e. The highest BCUT2D eigenvalue weighted by Crippen LogP contribution is 2.28. The van der Waals surface area contributed by atoms with Crippen molar-refractivity contribution in [3.63, 3.8) is 0 Å². The molecule has 1 N–H and O–H groups in total. The zero-order valence-corrected chi connectivity index (χ0v) is 16.6. The molecule has 5 heteroatoms. The molecular formula is C23H16Cl2N2O. The van der Waals surface area contributed by atoms with Gasteiger partial charge in [0.2, 0.25) is 0 Å². The Morgan fingerprint density at radius 2 is 1.68 bits per heavy atom. The van der Waals surface area contributed by atoms with Crippen molar-refractivity contribution in [1.82, 2.24) is 4.98 Å². The molecule has 0 unspecified atom stereocenters. The lowest BCUT2D eigenvalue weighted by atomic mass is 10.0. The van der Waals surface area contributed by atoms with E-state index in [4.69, 9.17) is 28.2 Å². The Morgan fingerprint density at radius 1 is 0.929 bits per heavy atom. The fourth-order valence-electron chi connectivity index (χ4n) is 3.06. The van der Waals surface area contributed by atoms with E-state index < -0.39 is 0 Å². The first-order chi connectivity index (χ1) is 13.5. The molecule has 0 fully saturated rings. The number of hydrogen-bond acceptors (Lipinski definition) is 2. The van der Waals surface area contributed by atoms with Crippen LogP contribution in [0.15, 0.2) is 72.8 Å². The molecule has 3 aromatic carbocycles. The third kappa shape index (κ3) is 3.59. The molecule has 0 saturated carbocycles. The molecule has 0 atom stereocenters. The molecule has 0 aliphatic carbocycles. The van der Waals surface area contributed by atoms with Gasteiger partial charge in [0.1, 0.15) is 0 Å². The highest BCUT2D eigenvalue weighted by atomic mass is 35.5. The van der Waals surface area contributed by atoms with Gasteiger partial charge in [-0.1, -0.05) is 59.6 Å². The second-order valence-electron chi connectivity index (χ2n) is 6.45. The Morgan fingerprint density at radius 3 is 2.46 bits per heavy atom. The Hall–Kier alpha value is -2.88. The smallest absolute Gasteiger partial charge is 0.256 e. The van der Waals surface area contributed by atoms with Crippen LogP contribution in [-0.4, -0.2) is 10.9 Å². The summed E-state index contributed by atoms with van der Waals surface area (Å²) in [4.78, 5) is 17.8. The highest BCUT2D eigenvalue weighted by Gasteiger charge is 2.15. The number of hydrogen-bond donors (Lipinski definition) is 1. The summed E-state index contributed by atoms with van der Waals surface area (Å²) in [6.07, 6.45) is 0. The van der Waals surface area contributed by atoms with E-state index in [9.17, 15) is 4.79 Å². The molecule has 138 valence electrons. The third-order valence-electron chi connectivity index (χ3n) is 4.62. The van der Waals surface area contributed by atoms with Crippen molar-refractivity contribution < 1.29 is 4.79 Å². The van der Waals surface area contributed by atoms with Crippen LogP contribution in [0, 0.1) is 6.92 Å². The molecule has 1 aromatic heterocycles. The molecule has 28 heavy (non-hydrogen) atoms. The number of anilines is 1. The fourth-order valence-corrected chi connectivity index (χ4v) is 3.36. The van der Waals surface area contributed by atoms with Crippen LogP contribution >= 0.6 is 23.2 Å². The molecule has 3 nitrogen and oxygen atoms in total. The van der Waals surface area contributed by atoms with Crippen molar-refractivity contribution in [3.8, 4) is 11.3 Å². The molecule has 0 bridgehead atoms. The number of benzene rings is 3. The first kappa shape index (κ1) is 18.5. The van der Waals surface area contributed by atoms with Crippen molar-refractivity contribution in [2.75, 3.05) is 5.32 Å². The summed E-state index contributed by atoms with van der Waals surface area (Å²) in [7, 11) is 0. The molecule has 0 aliphatic rings. The van der Waals surface area contributed by atoms with E-state index in [0.29, 0.717) is 27.0 Å². The van der Waals surface area contributed by atoms with Gasteiger partial charge in [-0.25, -0.2) is 4.98 Å². The lowest BCUT2D eigenvalue weighted by molar-refractivity contribution is 0.102. The van der Waals surface area contributed by atoms with Crippen molar-refractivity contribution >= 4 is 45.7 Å². The van der Waals surface area contributed by atoms with E-state index in [-0.39, 0.29) is 5.91 Å². The number of aromatic nitrogens is 1. The highest BCUT2D eigenvalue weighted by molar-refractivity contribution is 6.32. The largest absolute Gasteiger partial charge is 0.322 e. The number of fused-ring (bicyclic) bond motifs is 1. The number of halogens is 2. The van der Waals surface area contributed by atoms with Gasteiger partial charge in [-0.15, -0.1) is 0 Å². The molecule has 1 amide bonds. The lowest BCUT2D eigenvalue weighted by Gasteiger charge is -2.12. The van der Waals surface area contributed by atoms with Gasteiger partial charge in [0.15, 0.2) is 0 Å². The Balaban J connectivity index is 1.81. The summed E-state index contributed by atoms with van der Waals surface area (Å²) in [5, 5.41) is 5.03. The number of rotatable bonds is 3. The van der Waals surface area contributed by atoms with Crippen LogP contribution in [0.1, 0.15) is 15.9 Å². The van der Waals surface area contributed by atoms with Crippen LogP contribution in [0.4, 0.5) is 5.69 Å². The van der Waals surface area contributed by atoms with Gasteiger partial charge in [0, 0.05) is 26.7 Å². The number of carbonyl (C=O) groups is 1. The predicted molar refractivity (Wildman–Crippen MR) is 116 cm³/mol. The van der Waals surface area contributed by atoms with E-state index in [1.165, 1.54) is 0 Å². The summed E-state index contributed by atoms with van der Waals surface area (Å²) >= 11 is 12.2. The molecule has 0 aliphatic heterocycles. The van der Waals surface area contributed by atoms with E-state index in [1.807, 2.05) is 67.6 Å². The van der Waals surface area contributed by atoms with E-state index >= 15 is 0 Å². The molecule has 0 spiro atoms. The van der Waals surface area contributed by atoms with Crippen LogP contribution in [0.2, 0.25) is 10.0 Å². The summed E-state index contributed by atoms with van der Waals surface area (Å²) in [5.41, 5.74) is 4.42. The molecule has 1 heterocycles. The fraction of sp³-hybridized carbons (Fsp3) is 0.0435. The monoisotopic (exact) mass is 406 g/mol. The Labute approximate surface area is 172 Å². The number of carbonyl (C=O) groups excluding carboxylic acids is 1. The minimum atomic E-state index is -0.209. The lowest BCUT2D eigenvalue weighted by Crippen LogP contribution is -2.14. The molecule has 0 saturated heterocycles. The summed E-state index contributed by atoms with van der Waals surface area (Å²) < 4.78 is 0. The van der Waals surface area contributed by atoms with Gasteiger partial charge >= 0.3 is 0 Å². The Kier molecular flexibility index (Phi) is 5.03. The summed E-state index contributed by atoms with van der Waals surface area (Å²) in [6, 6.07) is 22.3. The predicted octanol–water partition coefficient (Wildman–Crippen LogP) is 6.77. The number of nitrogens with zero attached hydrogens (tertiary/aromatic N) is 1. The summed E-state index contributed by atoms with van der Waals surface area (Å²) in [5.74, 6) is -0.209. The van der Waals surface area contributed by atoms with Crippen LogP contribution in [0.3, 0.4) is 0 Å². The van der Waals surface area contributed by atoms with E-state index in [2.05, 4.69) is 5.32 Å². The zero-order chi connectivity index (χ0) is 19.7. The third-order valence-corrected chi connectivity index (χ3v) is 5.28. The number of para-hydroxylation sites is 1. The van der Waals surface area contributed by atoms with Crippen molar-refractivity contribution in [2.45, 2.75) is 6.92 Å². The summed E-state index contributed by atoms with van der Waals surface area (Å²) in [6.45, 7) is 1.88. The topological polar surface area (TPSA) is 42.0 Å². The minimum Gasteiger partial charge on any atom is -0.322 e. The average molecular weight is 407 g/mol. The van der Waals surface area contributed by atoms with Gasteiger partial charge < -0.3 is 5.32 Å². The first-order valence-electron chi connectivity index (χ1n) is 8.75. The standard InChI is InChI=1S/C23H16Cl2N2O/c1-14-19(25)6-4-8-20(14)27-23(28)18-13-22(15-9-11-16(24)12-10-15)26-21-7-3-2-5-17(18)21/h2-13H,1H3,(H,27,28). The number of nitrogens with one attached hydrogen (secondary N) is 1. The maximum absolute atomic E-state index is 13.1. The normalized spacial score (nSPS) is 10.8. The van der Waals surface area contributed by atoms with Crippen molar-refractivity contribution in [2.24, 2.45) is 0 Å². The van der Waals surface area contributed by atoms with Gasteiger partial charge in [0.05, 0.1) is 16.8 Å². The van der Waals surface area contributed by atoms with Crippen molar-refractivity contribution in [1.29, 1.82) is 0 Å². The maximum atomic E-state index is 13.1. The second kappa shape index (κ2) is 7.63. The molecule has 4 aromatic rings. The van der Waals surface area contributed by atoms with Crippen molar-refractivity contribution in [3.05, 3.63) is 94.0 Å². The first-order valence-corrected chi connectivity index (χ1v) is 9.51. The molecule has 0 radical (unpaired) electrons. The average Bonchev–Trinajstić information content (AvgIpc) is 2.71. The second-order valence-corrected chi connectivity index (χ2v) is 7.29. The van der Waals surface area contributed by atoms with Gasteiger partial charge in [-0.2, -0.15) is 0 Å². The SMILES string of the molecule is Cc1c(Cl)cccc1NC(=O)c1cc(-c2ccc(Cl)cc2)nc2ccccc12. The van der Waals surface area contributed by atoms with Crippen LogP contribution in [0.25, 0.3) is 22.2 Å². The Bertz CT molecular complexity index is 1190. The minimum absolute atomic E-state index is 0.209. The van der Waals surface area contributed by atoms with Gasteiger partial charge in [-0.05, 0) is 48.9 Å². The number of pyridine rings is 1. The van der Waals surface area contributed by atoms with Crippen LogP contribution in [0.5, 0.6) is 0 Å². The zero-order valence-electron chi connectivity index (χ0n) is 15.0. The van der Waals surface area contributed by atoms with Gasteiger partial charge in [0.25, 0.3) is 5.91 Å². The van der Waals surface area contributed by atoms with E-state index in [0.717, 1.165) is 22.0 Å². The molecule has 4 rings (SSSR count).